The van der Waals surface area contributed by atoms with Gasteiger partial charge in [-0.15, -0.1) is 0 Å². The summed E-state index contributed by atoms with van der Waals surface area (Å²) in [6, 6.07) is 13.7. The minimum Gasteiger partial charge on any atom is -0.351 e. The van der Waals surface area contributed by atoms with Crippen molar-refractivity contribution in [1.29, 1.82) is 0 Å². The van der Waals surface area contributed by atoms with Crippen LogP contribution in [0.4, 0.5) is 0 Å². The van der Waals surface area contributed by atoms with Crippen molar-refractivity contribution < 1.29 is 13.2 Å². The summed E-state index contributed by atoms with van der Waals surface area (Å²) < 4.78 is 25.9. The molecule has 0 fully saturated rings. The van der Waals surface area contributed by atoms with Crippen LogP contribution >= 0.6 is 11.6 Å². The summed E-state index contributed by atoms with van der Waals surface area (Å²) in [4.78, 5) is 12.2. The van der Waals surface area contributed by atoms with Gasteiger partial charge in [-0.2, -0.15) is 4.31 Å². The molecule has 2 aromatic rings. The molecule has 5 nitrogen and oxygen atoms in total. The Bertz CT molecular complexity index is 820. The molecular formula is C17H19ClN2O3S. The van der Waals surface area contributed by atoms with Gasteiger partial charge in [0.2, 0.25) is 15.9 Å². The van der Waals surface area contributed by atoms with Crippen LogP contribution in [0.2, 0.25) is 5.02 Å². The fraction of sp³-hybridized carbons (Fsp3) is 0.235. The number of sulfonamides is 1. The molecule has 2 rings (SSSR count). The highest BCUT2D eigenvalue weighted by Gasteiger charge is 2.22. The molecule has 7 heteroatoms. The zero-order valence-corrected chi connectivity index (χ0v) is 15.1. The SMILES string of the molecule is Cc1ccc(S(=O)(=O)N(C)CC(=O)NCc2ccccc2Cl)cc1. The van der Waals surface area contributed by atoms with Crippen LogP contribution in [-0.2, 0) is 21.4 Å². The first-order chi connectivity index (χ1) is 11.3. The third-order valence-electron chi connectivity index (χ3n) is 3.53. The average Bonchev–Trinajstić information content (AvgIpc) is 2.54. The summed E-state index contributed by atoms with van der Waals surface area (Å²) in [5.41, 5.74) is 1.74. The Labute approximate surface area is 147 Å². The maximum Gasteiger partial charge on any atom is 0.243 e. The number of carbonyl (C=O) groups is 1. The van der Waals surface area contributed by atoms with Crippen molar-refractivity contribution in [2.75, 3.05) is 13.6 Å². The van der Waals surface area contributed by atoms with Gasteiger partial charge in [0, 0.05) is 18.6 Å². The topological polar surface area (TPSA) is 66.5 Å². The van der Waals surface area contributed by atoms with Crippen LogP contribution in [-0.4, -0.2) is 32.2 Å². The minimum atomic E-state index is -3.70. The number of nitrogens with one attached hydrogen (secondary N) is 1. The number of carbonyl (C=O) groups excluding carboxylic acids is 1. The molecule has 0 unspecified atom stereocenters. The van der Waals surface area contributed by atoms with Crippen LogP contribution < -0.4 is 5.32 Å². The number of hydrogen-bond donors (Lipinski definition) is 1. The number of likely N-dealkylation sites (N-methyl/N-ethyl adjacent to an activating group) is 1. The first kappa shape index (κ1) is 18.4. The van der Waals surface area contributed by atoms with Crippen molar-refractivity contribution in [1.82, 2.24) is 9.62 Å². The summed E-state index contributed by atoms with van der Waals surface area (Å²) in [6.07, 6.45) is 0. The fourth-order valence-corrected chi connectivity index (χ4v) is 3.40. The Balaban J connectivity index is 1.98. The second-order valence-corrected chi connectivity index (χ2v) is 7.89. The summed E-state index contributed by atoms with van der Waals surface area (Å²) in [5.74, 6) is -0.395. The molecule has 24 heavy (non-hydrogen) atoms. The number of amides is 1. The highest BCUT2D eigenvalue weighted by molar-refractivity contribution is 7.89. The van der Waals surface area contributed by atoms with Gasteiger partial charge in [0.15, 0.2) is 0 Å². The van der Waals surface area contributed by atoms with Crippen molar-refractivity contribution in [3.05, 3.63) is 64.7 Å². The van der Waals surface area contributed by atoms with Gasteiger partial charge >= 0.3 is 0 Å². The number of halogens is 1. The van der Waals surface area contributed by atoms with Crippen LogP contribution in [0.3, 0.4) is 0 Å². The van der Waals surface area contributed by atoms with Gasteiger partial charge in [-0.1, -0.05) is 47.5 Å². The fourth-order valence-electron chi connectivity index (χ4n) is 2.07. The van der Waals surface area contributed by atoms with Crippen molar-refractivity contribution in [3.8, 4) is 0 Å². The van der Waals surface area contributed by atoms with Gasteiger partial charge in [0.25, 0.3) is 0 Å². The van der Waals surface area contributed by atoms with Gasteiger partial charge in [0.1, 0.15) is 0 Å². The monoisotopic (exact) mass is 366 g/mol. The predicted molar refractivity (Wildman–Crippen MR) is 94.3 cm³/mol. The summed E-state index contributed by atoms with van der Waals surface area (Å²) in [6.45, 7) is 1.86. The van der Waals surface area contributed by atoms with Crippen LogP contribution in [0.25, 0.3) is 0 Å². The van der Waals surface area contributed by atoms with E-state index >= 15 is 0 Å². The standard InChI is InChI=1S/C17H19ClN2O3S/c1-13-7-9-15(10-8-13)24(22,23)20(2)12-17(21)19-11-14-5-3-4-6-16(14)18/h3-10H,11-12H2,1-2H3,(H,19,21). The molecular weight excluding hydrogens is 348 g/mol. The highest BCUT2D eigenvalue weighted by Crippen LogP contribution is 2.16. The van der Waals surface area contributed by atoms with Crippen molar-refractivity contribution >= 4 is 27.5 Å². The van der Waals surface area contributed by atoms with Crippen LogP contribution in [0, 0.1) is 6.92 Å². The van der Waals surface area contributed by atoms with Crippen LogP contribution in [0.5, 0.6) is 0 Å². The Hall–Kier alpha value is -1.89. The number of nitrogens with zero attached hydrogens (tertiary/aromatic N) is 1. The van der Waals surface area contributed by atoms with Gasteiger partial charge in [-0.3, -0.25) is 4.79 Å². The molecule has 1 N–H and O–H groups in total. The van der Waals surface area contributed by atoms with E-state index in [1.165, 1.54) is 19.2 Å². The third-order valence-corrected chi connectivity index (χ3v) is 5.72. The predicted octanol–water partition coefficient (Wildman–Crippen LogP) is 2.59. The van der Waals surface area contributed by atoms with E-state index in [2.05, 4.69) is 5.32 Å². The Kier molecular flexibility index (Phi) is 5.99. The van der Waals surface area contributed by atoms with E-state index < -0.39 is 15.9 Å². The van der Waals surface area contributed by atoms with Crippen LogP contribution in [0.15, 0.2) is 53.4 Å². The Morgan fingerprint density at radius 1 is 1.12 bits per heavy atom. The zero-order valence-electron chi connectivity index (χ0n) is 13.5. The molecule has 0 atom stereocenters. The number of aryl methyl sites for hydroxylation is 1. The molecule has 0 spiro atoms. The molecule has 0 aliphatic heterocycles. The zero-order chi connectivity index (χ0) is 17.7. The van der Waals surface area contributed by atoms with E-state index in [1.807, 2.05) is 13.0 Å². The lowest BCUT2D eigenvalue weighted by Crippen LogP contribution is -2.38. The molecule has 0 saturated carbocycles. The maximum absolute atomic E-state index is 12.4. The smallest absolute Gasteiger partial charge is 0.243 e. The highest BCUT2D eigenvalue weighted by atomic mass is 35.5. The largest absolute Gasteiger partial charge is 0.351 e. The van der Waals surface area contributed by atoms with E-state index in [9.17, 15) is 13.2 Å². The minimum absolute atomic E-state index is 0.162. The molecule has 0 radical (unpaired) electrons. The molecule has 0 aromatic heterocycles. The van der Waals surface area contributed by atoms with E-state index in [4.69, 9.17) is 11.6 Å². The van der Waals surface area contributed by atoms with Gasteiger partial charge < -0.3 is 5.32 Å². The molecule has 1 amide bonds. The second kappa shape index (κ2) is 7.79. The van der Waals surface area contributed by atoms with Gasteiger partial charge in [0.05, 0.1) is 11.4 Å². The van der Waals surface area contributed by atoms with E-state index in [0.29, 0.717) is 5.02 Å². The molecule has 0 saturated heterocycles. The summed E-state index contributed by atoms with van der Waals surface area (Å²) in [5, 5.41) is 3.23. The van der Waals surface area contributed by atoms with Crippen molar-refractivity contribution in [2.24, 2.45) is 0 Å². The number of benzene rings is 2. The molecule has 128 valence electrons. The molecule has 2 aromatic carbocycles. The molecule has 0 heterocycles. The van der Waals surface area contributed by atoms with E-state index in [1.54, 1.807) is 30.3 Å². The summed E-state index contributed by atoms with van der Waals surface area (Å²) >= 11 is 6.02. The first-order valence-corrected chi connectivity index (χ1v) is 9.15. The normalized spacial score (nSPS) is 11.5. The lowest BCUT2D eigenvalue weighted by Gasteiger charge is -2.17. The second-order valence-electron chi connectivity index (χ2n) is 5.44. The first-order valence-electron chi connectivity index (χ1n) is 7.34. The lowest BCUT2D eigenvalue weighted by atomic mass is 10.2. The Morgan fingerprint density at radius 2 is 1.75 bits per heavy atom. The third kappa shape index (κ3) is 4.56. The van der Waals surface area contributed by atoms with E-state index in [0.717, 1.165) is 15.4 Å². The lowest BCUT2D eigenvalue weighted by molar-refractivity contribution is -0.121. The van der Waals surface area contributed by atoms with Gasteiger partial charge in [-0.25, -0.2) is 8.42 Å². The molecule has 0 aliphatic carbocycles. The summed E-state index contributed by atoms with van der Waals surface area (Å²) in [7, 11) is -2.32. The van der Waals surface area contributed by atoms with Crippen molar-refractivity contribution in [2.45, 2.75) is 18.4 Å². The quantitative estimate of drug-likeness (QED) is 0.854. The maximum atomic E-state index is 12.4. The van der Waals surface area contributed by atoms with Gasteiger partial charge in [-0.05, 0) is 30.7 Å². The van der Waals surface area contributed by atoms with E-state index in [-0.39, 0.29) is 18.0 Å². The number of rotatable bonds is 6. The van der Waals surface area contributed by atoms with Crippen molar-refractivity contribution in [3.63, 3.8) is 0 Å². The molecule has 0 aliphatic rings. The average molecular weight is 367 g/mol. The number of hydrogen-bond acceptors (Lipinski definition) is 3. The Morgan fingerprint density at radius 3 is 2.38 bits per heavy atom. The molecule has 0 bridgehead atoms. The van der Waals surface area contributed by atoms with Crippen LogP contribution in [0.1, 0.15) is 11.1 Å².